The van der Waals surface area contributed by atoms with Crippen LogP contribution in [0.25, 0.3) is 0 Å². The first-order valence-electron chi connectivity index (χ1n) is 11.2. The molecule has 172 valence electrons. The highest BCUT2D eigenvalue weighted by molar-refractivity contribution is 6.30. The number of pyridine rings is 1. The van der Waals surface area contributed by atoms with Crippen LogP contribution in [-0.2, 0) is 15.1 Å². The molecular weight excluding hydrogens is 444 g/mol. The van der Waals surface area contributed by atoms with E-state index in [9.17, 15) is 14.4 Å². The second-order valence-electron chi connectivity index (χ2n) is 9.09. The fraction of sp³-hybridized carbons (Fsp3) is 0.417. The SMILES string of the molecule is NC(=O)c1cccnc1[C@H](CC1CC1)C(=O)N1CCC[C@@]2(C1)OC(=O)Nc1ccc(Cl)cc12. The molecule has 2 atom stereocenters. The summed E-state index contributed by atoms with van der Waals surface area (Å²) in [6.07, 6.45) is 5.01. The molecule has 1 saturated heterocycles. The summed E-state index contributed by atoms with van der Waals surface area (Å²) in [7, 11) is 0. The Balaban J connectivity index is 1.49. The van der Waals surface area contributed by atoms with Crippen molar-refractivity contribution in [2.75, 3.05) is 18.4 Å². The number of nitrogens with one attached hydrogen (secondary N) is 1. The van der Waals surface area contributed by atoms with Gasteiger partial charge in [-0.1, -0.05) is 24.4 Å². The van der Waals surface area contributed by atoms with Crippen molar-refractivity contribution in [1.29, 1.82) is 0 Å². The van der Waals surface area contributed by atoms with Gasteiger partial charge in [0.25, 0.3) is 5.91 Å². The molecule has 1 aromatic heterocycles. The smallest absolute Gasteiger partial charge is 0.412 e. The third kappa shape index (κ3) is 4.15. The Bertz CT molecular complexity index is 1140. The molecule has 3 heterocycles. The van der Waals surface area contributed by atoms with E-state index < -0.39 is 23.5 Å². The maximum Gasteiger partial charge on any atom is 0.412 e. The minimum Gasteiger partial charge on any atom is -0.436 e. The second-order valence-corrected chi connectivity index (χ2v) is 9.53. The summed E-state index contributed by atoms with van der Waals surface area (Å²) in [6, 6.07) is 8.51. The number of amides is 3. The number of likely N-dealkylation sites (tertiary alicyclic amines) is 1. The van der Waals surface area contributed by atoms with Gasteiger partial charge in [-0.25, -0.2) is 4.79 Å². The number of rotatable bonds is 5. The molecule has 0 bridgehead atoms. The minimum absolute atomic E-state index is 0.125. The van der Waals surface area contributed by atoms with Gasteiger partial charge < -0.3 is 15.4 Å². The molecule has 1 aromatic carbocycles. The number of hydrogen-bond acceptors (Lipinski definition) is 5. The summed E-state index contributed by atoms with van der Waals surface area (Å²) >= 11 is 6.26. The van der Waals surface area contributed by atoms with Crippen LogP contribution >= 0.6 is 11.6 Å². The maximum atomic E-state index is 13.9. The molecule has 33 heavy (non-hydrogen) atoms. The van der Waals surface area contributed by atoms with Crippen molar-refractivity contribution in [3.05, 3.63) is 58.4 Å². The van der Waals surface area contributed by atoms with Crippen LogP contribution in [0.3, 0.4) is 0 Å². The van der Waals surface area contributed by atoms with Crippen molar-refractivity contribution in [3.8, 4) is 0 Å². The van der Waals surface area contributed by atoms with Gasteiger partial charge >= 0.3 is 6.09 Å². The Kier molecular flexibility index (Phi) is 5.48. The lowest BCUT2D eigenvalue weighted by molar-refractivity contribution is -0.141. The van der Waals surface area contributed by atoms with E-state index >= 15 is 0 Å². The first-order valence-corrected chi connectivity index (χ1v) is 11.6. The number of ether oxygens (including phenoxy) is 1. The van der Waals surface area contributed by atoms with Crippen molar-refractivity contribution < 1.29 is 19.1 Å². The average molecular weight is 469 g/mol. The molecule has 3 aliphatic rings. The van der Waals surface area contributed by atoms with Crippen molar-refractivity contribution in [2.24, 2.45) is 11.7 Å². The van der Waals surface area contributed by atoms with E-state index in [4.69, 9.17) is 22.1 Å². The van der Waals surface area contributed by atoms with Crippen LogP contribution in [0, 0.1) is 5.92 Å². The van der Waals surface area contributed by atoms with E-state index in [1.54, 1.807) is 41.4 Å². The van der Waals surface area contributed by atoms with Gasteiger partial charge in [0.2, 0.25) is 5.91 Å². The summed E-state index contributed by atoms with van der Waals surface area (Å²) in [5, 5.41) is 3.25. The fourth-order valence-corrected chi connectivity index (χ4v) is 5.20. The number of carbonyl (C=O) groups is 3. The quantitative estimate of drug-likeness (QED) is 0.692. The van der Waals surface area contributed by atoms with Crippen LogP contribution in [0.5, 0.6) is 0 Å². The molecule has 1 spiro atoms. The van der Waals surface area contributed by atoms with Gasteiger partial charge in [-0.2, -0.15) is 0 Å². The van der Waals surface area contributed by atoms with Crippen LogP contribution < -0.4 is 11.1 Å². The number of primary amides is 1. The van der Waals surface area contributed by atoms with Gasteiger partial charge in [0.05, 0.1) is 29.4 Å². The predicted octanol–water partition coefficient (Wildman–Crippen LogP) is 3.80. The van der Waals surface area contributed by atoms with Gasteiger partial charge in [-0.15, -0.1) is 0 Å². The van der Waals surface area contributed by atoms with E-state index in [0.29, 0.717) is 48.1 Å². The highest BCUT2D eigenvalue weighted by Crippen LogP contribution is 2.45. The zero-order chi connectivity index (χ0) is 23.2. The maximum absolute atomic E-state index is 13.9. The van der Waals surface area contributed by atoms with E-state index in [1.807, 2.05) is 0 Å². The minimum atomic E-state index is -0.975. The van der Waals surface area contributed by atoms with Crippen molar-refractivity contribution in [3.63, 3.8) is 0 Å². The monoisotopic (exact) mass is 468 g/mol. The molecule has 2 aliphatic heterocycles. The van der Waals surface area contributed by atoms with Crippen LogP contribution in [0.15, 0.2) is 36.5 Å². The number of piperidine rings is 1. The summed E-state index contributed by atoms with van der Waals surface area (Å²) in [5.41, 5.74) is 6.72. The Labute approximate surface area is 196 Å². The number of halogens is 1. The molecule has 3 amide bonds. The molecule has 2 aromatic rings. The summed E-state index contributed by atoms with van der Waals surface area (Å²) in [5.74, 6) is -0.873. The van der Waals surface area contributed by atoms with Gasteiger partial charge in [0.15, 0.2) is 5.60 Å². The number of carbonyl (C=O) groups excluding carboxylic acids is 3. The molecular formula is C24H25ClN4O4. The van der Waals surface area contributed by atoms with E-state index in [2.05, 4.69) is 10.3 Å². The average Bonchev–Trinajstić information content (AvgIpc) is 3.62. The van der Waals surface area contributed by atoms with Crippen LogP contribution in [0.2, 0.25) is 5.02 Å². The van der Waals surface area contributed by atoms with E-state index in [0.717, 1.165) is 18.4 Å². The largest absolute Gasteiger partial charge is 0.436 e. The molecule has 3 N–H and O–H groups in total. The number of nitrogens with two attached hydrogens (primary N) is 1. The van der Waals surface area contributed by atoms with Crippen LogP contribution in [-0.4, -0.2) is 40.9 Å². The zero-order valence-corrected chi connectivity index (χ0v) is 18.8. The lowest BCUT2D eigenvalue weighted by Gasteiger charge is -2.45. The van der Waals surface area contributed by atoms with Gasteiger partial charge in [-0.05, 0) is 55.5 Å². The molecule has 0 unspecified atom stereocenters. The Morgan fingerprint density at radius 2 is 2.15 bits per heavy atom. The Morgan fingerprint density at radius 1 is 1.33 bits per heavy atom. The summed E-state index contributed by atoms with van der Waals surface area (Å²) in [4.78, 5) is 44.4. The lowest BCUT2D eigenvalue weighted by Crippen LogP contribution is -2.54. The number of anilines is 1. The molecule has 8 nitrogen and oxygen atoms in total. The molecule has 1 aliphatic carbocycles. The topological polar surface area (TPSA) is 115 Å². The number of nitrogens with zero attached hydrogens (tertiary/aromatic N) is 2. The number of aromatic nitrogens is 1. The molecule has 2 fully saturated rings. The zero-order valence-electron chi connectivity index (χ0n) is 18.1. The second kappa shape index (κ2) is 8.33. The lowest BCUT2D eigenvalue weighted by atomic mass is 9.82. The fourth-order valence-electron chi connectivity index (χ4n) is 5.02. The van der Waals surface area contributed by atoms with Crippen molar-refractivity contribution in [1.82, 2.24) is 9.88 Å². The Hall–Kier alpha value is -3.13. The standard InChI is InChI=1S/C24H25ClN4O4/c25-15-6-7-19-18(12-15)24(33-23(32)28-19)8-2-10-29(13-24)22(31)17(11-14-4-5-14)20-16(21(26)30)3-1-9-27-20/h1,3,6-7,9,12,14,17H,2,4-5,8,10-11,13H2,(H2,26,30)(H,28,32)/t17-,24-/m0/s1. The van der Waals surface area contributed by atoms with Crippen molar-refractivity contribution >= 4 is 35.2 Å². The first kappa shape index (κ1) is 21.7. The number of benzene rings is 1. The van der Waals surface area contributed by atoms with Gasteiger partial charge in [0, 0.05) is 23.3 Å². The molecule has 0 radical (unpaired) electrons. The highest BCUT2D eigenvalue weighted by atomic mass is 35.5. The number of hydrogen-bond donors (Lipinski definition) is 2. The van der Waals surface area contributed by atoms with Crippen LogP contribution in [0.4, 0.5) is 10.5 Å². The first-order chi connectivity index (χ1) is 15.9. The summed E-state index contributed by atoms with van der Waals surface area (Å²) in [6.45, 7) is 0.744. The van der Waals surface area contributed by atoms with Gasteiger partial charge in [-0.3, -0.25) is 19.9 Å². The highest BCUT2D eigenvalue weighted by Gasteiger charge is 2.47. The van der Waals surface area contributed by atoms with Crippen LogP contribution in [0.1, 0.15) is 59.6 Å². The Morgan fingerprint density at radius 3 is 2.91 bits per heavy atom. The third-order valence-corrected chi connectivity index (χ3v) is 7.00. The normalized spacial score (nSPS) is 22.8. The van der Waals surface area contributed by atoms with E-state index in [-0.39, 0.29) is 18.0 Å². The molecule has 1 saturated carbocycles. The summed E-state index contributed by atoms with van der Waals surface area (Å²) < 4.78 is 5.83. The third-order valence-electron chi connectivity index (χ3n) is 6.76. The molecule has 9 heteroatoms. The van der Waals surface area contributed by atoms with Crippen molar-refractivity contribution in [2.45, 2.75) is 43.6 Å². The van der Waals surface area contributed by atoms with E-state index in [1.165, 1.54) is 0 Å². The number of fused-ring (bicyclic) bond motifs is 2. The molecule has 5 rings (SSSR count). The van der Waals surface area contributed by atoms with Gasteiger partial charge in [0.1, 0.15) is 0 Å². The predicted molar refractivity (Wildman–Crippen MR) is 122 cm³/mol.